The van der Waals surface area contributed by atoms with Gasteiger partial charge >= 0.3 is 0 Å². The van der Waals surface area contributed by atoms with E-state index in [0.717, 1.165) is 25.2 Å². The summed E-state index contributed by atoms with van der Waals surface area (Å²) in [5.74, 6) is 0. The van der Waals surface area contributed by atoms with Crippen LogP contribution in [-0.4, -0.2) is 55.3 Å². The summed E-state index contributed by atoms with van der Waals surface area (Å²) in [7, 11) is -1.77. The van der Waals surface area contributed by atoms with Gasteiger partial charge in [-0.2, -0.15) is 5.10 Å². The maximum Gasteiger partial charge on any atom is 0.243 e. The van der Waals surface area contributed by atoms with Crippen LogP contribution in [0.15, 0.2) is 47.6 Å². The largest absolute Gasteiger partial charge is 0.381 e. The quantitative estimate of drug-likeness (QED) is 0.776. The standard InChI is InChI=1S/C16H23N5O2S/c1-20-13-16(11-17-20)24(22,23)18-8-10-21-9-7-15(12-21)19-14-5-3-2-4-6-14/h2-6,11,13,15,18-19H,7-10,12H2,1H3/t15-/m1/s1. The van der Waals surface area contributed by atoms with Crippen molar-refractivity contribution in [1.29, 1.82) is 0 Å². The Labute approximate surface area is 142 Å². The first-order valence-electron chi connectivity index (χ1n) is 8.05. The molecule has 1 saturated heterocycles. The lowest BCUT2D eigenvalue weighted by Gasteiger charge is -2.17. The summed E-state index contributed by atoms with van der Waals surface area (Å²) in [6.45, 7) is 2.99. The van der Waals surface area contributed by atoms with Crippen molar-refractivity contribution in [3.05, 3.63) is 42.7 Å². The van der Waals surface area contributed by atoms with Gasteiger partial charge in [0.2, 0.25) is 10.0 Å². The number of likely N-dealkylation sites (tertiary alicyclic amines) is 1. The number of para-hydroxylation sites is 1. The zero-order chi connectivity index (χ0) is 17.0. The van der Waals surface area contributed by atoms with Gasteiger partial charge in [0.25, 0.3) is 0 Å². The van der Waals surface area contributed by atoms with Gasteiger partial charge in [-0.05, 0) is 18.6 Å². The molecule has 0 bridgehead atoms. The Hall–Kier alpha value is -1.90. The Bertz CT molecular complexity index is 760. The van der Waals surface area contributed by atoms with Gasteiger partial charge in [0.05, 0.1) is 6.20 Å². The molecule has 130 valence electrons. The van der Waals surface area contributed by atoms with Gasteiger partial charge in [-0.1, -0.05) is 18.2 Å². The zero-order valence-electron chi connectivity index (χ0n) is 13.7. The normalized spacial score (nSPS) is 18.8. The molecule has 8 heteroatoms. The summed E-state index contributed by atoms with van der Waals surface area (Å²) in [6, 6.07) is 10.6. The van der Waals surface area contributed by atoms with Crippen molar-refractivity contribution >= 4 is 15.7 Å². The van der Waals surface area contributed by atoms with Crippen LogP contribution in [0.25, 0.3) is 0 Å². The van der Waals surface area contributed by atoms with Crippen molar-refractivity contribution in [1.82, 2.24) is 19.4 Å². The highest BCUT2D eigenvalue weighted by molar-refractivity contribution is 7.89. The molecule has 0 aliphatic carbocycles. The molecule has 24 heavy (non-hydrogen) atoms. The molecule has 3 rings (SSSR count). The summed E-state index contributed by atoms with van der Waals surface area (Å²) < 4.78 is 28.4. The summed E-state index contributed by atoms with van der Waals surface area (Å²) in [4.78, 5) is 2.47. The number of aromatic nitrogens is 2. The van der Waals surface area contributed by atoms with Crippen LogP contribution in [0.3, 0.4) is 0 Å². The first-order valence-corrected chi connectivity index (χ1v) is 9.53. The third-order valence-corrected chi connectivity index (χ3v) is 5.54. The van der Waals surface area contributed by atoms with E-state index in [9.17, 15) is 8.42 Å². The molecule has 7 nitrogen and oxygen atoms in total. The fourth-order valence-corrected chi connectivity index (χ4v) is 3.89. The zero-order valence-corrected chi connectivity index (χ0v) is 14.5. The van der Waals surface area contributed by atoms with Gasteiger partial charge in [0.1, 0.15) is 4.90 Å². The van der Waals surface area contributed by atoms with Crippen LogP contribution in [0.5, 0.6) is 0 Å². The van der Waals surface area contributed by atoms with Crippen LogP contribution in [0.1, 0.15) is 6.42 Å². The smallest absolute Gasteiger partial charge is 0.243 e. The molecule has 0 unspecified atom stereocenters. The lowest BCUT2D eigenvalue weighted by atomic mass is 10.2. The molecule has 0 amide bonds. The SMILES string of the molecule is Cn1cc(S(=O)(=O)NCCN2CC[C@@H](Nc3ccccc3)C2)cn1. The molecular weight excluding hydrogens is 326 g/mol. The third kappa shape index (κ3) is 4.34. The van der Waals surface area contributed by atoms with Crippen molar-refractivity contribution in [2.45, 2.75) is 17.4 Å². The van der Waals surface area contributed by atoms with E-state index in [4.69, 9.17) is 0 Å². The van der Waals surface area contributed by atoms with Gasteiger partial charge in [0, 0.05) is 51.2 Å². The Balaban J connectivity index is 1.43. The average molecular weight is 349 g/mol. The average Bonchev–Trinajstić information content (AvgIpc) is 3.18. The molecular formula is C16H23N5O2S. The fraction of sp³-hybridized carbons (Fsp3) is 0.438. The van der Waals surface area contributed by atoms with Crippen LogP contribution < -0.4 is 10.0 Å². The second-order valence-electron chi connectivity index (χ2n) is 6.04. The van der Waals surface area contributed by atoms with E-state index in [2.05, 4.69) is 32.2 Å². The lowest BCUT2D eigenvalue weighted by molar-refractivity contribution is 0.341. The number of sulfonamides is 1. The minimum absolute atomic E-state index is 0.204. The van der Waals surface area contributed by atoms with E-state index < -0.39 is 10.0 Å². The molecule has 1 atom stereocenters. The number of hydrogen-bond donors (Lipinski definition) is 2. The predicted octanol–water partition coefficient (Wildman–Crippen LogP) is 0.885. The molecule has 1 aromatic carbocycles. The van der Waals surface area contributed by atoms with Crippen LogP contribution in [0, 0.1) is 0 Å². The molecule has 0 spiro atoms. The molecule has 1 aliphatic heterocycles. The summed E-state index contributed by atoms with van der Waals surface area (Å²) in [5, 5.41) is 7.41. The first kappa shape index (κ1) is 16.9. The predicted molar refractivity (Wildman–Crippen MR) is 93.3 cm³/mol. The Kier molecular flexibility index (Phi) is 5.17. The number of anilines is 1. The van der Waals surface area contributed by atoms with E-state index in [1.54, 1.807) is 7.05 Å². The highest BCUT2D eigenvalue weighted by Crippen LogP contribution is 2.15. The van der Waals surface area contributed by atoms with Gasteiger partial charge in [-0.15, -0.1) is 0 Å². The Morgan fingerprint density at radius 3 is 2.79 bits per heavy atom. The van der Waals surface area contributed by atoms with Crippen molar-refractivity contribution in [2.24, 2.45) is 7.05 Å². The second kappa shape index (κ2) is 7.33. The minimum Gasteiger partial charge on any atom is -0.381 e. The van der Waals surface area contributed by atoms with Gasteiger partial charge in [0.15, 0.2) is 0 Å². The van der Waals surface area contributed by atoms with Gasteiger partial charge < -0.3 is 5.32 Å². The number of hydrogen-bond acceptors (Lipinski definition) is 5. The molecule has 0 radical (unpaired) electrons. The lowest BCUT2D eigenvalue weighted by Crippen LogP contribution is -2.35. The van der Waals surface area contributed by atoms with E-state index in [0.29, 0.717) is 19.1 Å². The maximum atomic E-state index is 12.1. The minimum atomic E-state index is -3.47. The second-order valence-corrected chi connectivity index (χ2v) is 7.81. The highest BCUT2D eigenvalue weighted by atomic mass is 32.2. The molecule has 2 heterocycles. The number of nitrogens with one attached hydrogen (secondary N) is 2. The van der Waals surface area contributed by atoms with Crippen LogP contribution >= 0.6 is 0 Å². The molecule has 1 aliphatic rings. The fourth-order valence-electron chi connectivity index (χ4n) is 2.88. The van der Waals surface area contributed by atoms with E-state index in [1.165, 1.54) is 17.1 Å². The van der Waals surface area contributed by atoms with Crippen LogP contribution in [0.2, 0.25) is 0 Å². The molecule has 2 N–H and O–H groups in total. The molecule has 0 saturated carbocycles. The summed E-state index contributed by atoms with van der Waals surface area (Å²) >= 11 is 0. The monoisotopic (exact) mass is 349 g/mol. The van der Waals surface area contributed by atoms with Crippen LogP contribution in [0.4, 0.5) is 5.69 Å². The summed E-state index contributed by atoms with van der Waals surface area (Å²) in [5.41, 5.74) is 1.13. The van der Waals surface area contributed by atoms with Gasteiger partial charge in [-0.25, -0.2) is 13.1 Å². The van der Waals surface area contributed by atoms with Crippen molar-refractivity contribution in [3.63, 3.8) is 0 Å². The highest BCUT2D eigenvalue weighted by Gasteiger charge is 2.22. The summed E-state index contributed by atoms with van der Waals surface area (Å²) in [6.07, 6.45) is 3.92. The number of nitrogens with zero attached hydrogens (tertiary/aromatic N) is 3. The third-order valence-electron chi connectivity index (χ3n) is 4.13. The number of rotatable bonds is 7. The van der Waals surface area contributed by atoms with Crippen molar-refractivity contribution in [2.75, 3.05) is 31.5 Å². The maximum absolute atomic E-state index is 12.1. The number of benzene rings is 1. The molecule has 2 aromatic rings. The number of aryl methyl sites for hydroxylation is 1. The Morgan fingerprint density at radius 1 is 1.29 bits per heavy atom. The van der Waals surface area contributed by atoms with E-state index in [1.807, 2.05) is 18.2 Å². The Morgan fingerprint density at radius 2 is 2.08 bits per heavy atom. The van der Waals surface area contributed by atoms with Crippen molar-refractivity contribution < 1.29 is 8.42 Å². The first-order chi connectivity index (χ1) is 11.5. The topological polar surface area (TPSA) is 79.3 Å². The van der Waals surface area contributed by atoms with E-state index in [-0.39, 0.29) is 4.90 Å². The molecule has 1 aromatic heterocycles. The van der Waals surface area contributed by atoms with E-state index >= 15 is 0 Å². The van der Waals surface area contributed by atoms with Gasteiger partial charge in [-0.3, -0.25) is 9.58 Å². The molecule has 1 fully saturated rings. The van der Waals surface area contributed by atoms with Crippen LogP contribution in [-0.2, 0) is 17.1 Å². The van der Waals surface area contributed by atoms with Crippen molar-refractivity contribution in [3.8, 4) is 0 Å².